The maximum atomic E-state index is 6.01. The number of nitrogens with one attached hydrogen (secondary N) is 1. The van der Waals surface area contributed by atoms with Crippen molar-refractivity contribution in [2.75, 3.05) is 36.5 Å². The van der Waals surface area contributed by atoms with E-state index in [-0.39, 0.29) is 5.28 Å². The van der Waals surface area contributed by atoms with Crippen LogP contribution in [0.15, 0.2) is 29.8 Å². The van der Waals surface area contributed by atoms with Gasteiger partial charge in [-0.1, -0.05) is 6.07 Å². The number of fused-ring (bicyclic) bond motifs is 1. The minimum atomic E-state index is 0.222. The third-order valence-corrected chi connectivity index (χ3v) is 5.40. The van der Waals surface area contributed by atoms with Crippen LogP contribution in [0, 0.1) is 5.41 Å². The lowest BCUT2D eigenvalue weighted by Crippen LogP contribution is -2.66. The molecule has 1 N–H and O–H groups in total. The minimum Gasteiger partial charge on any atom is -0.380 e. The van der Waals surface area contributed by atoms with Crippen LogP contribution in [0.2, 0.25) is 5.28 Å². The highest BCUT2D eigenvalue weighted by molar-refractivity contribution is 7.16. The molecular formula is C16H14ClN5OS. The van der Waals surface area contributed by atoms with Crippen LogP contribution in [0.5, 0.6) is 0 Å². The second-order valence-corrected chi connectivity index (χ2v) is 7.54. The molecule has 8 heteroatoms. The second kappa shape index (κ2) is 5.27. The summed E-state index contributed by atoms with van der Waals surface area (Å²) in [6.07, 6.45) is 0. The number of aromatic nitrogens is 3. The Balaban J connectivity index is 1.41. The Morgan fingerprint density at radius 2 is 2.12 bits per heavy atom. The average Bonchev–Trinajstić information content (AvgIpc) is 2.93. The van der Waals surface area contributed by atoms with Gasteiger partial charge >= 0.3 is 0 Å². The summed E-state index contributed by atoms with van der Waals surface area (Å²) < 4.78 is 5.34. The number of halogens is 1. The molecule has 0 aliphatic carbocycles. The molecule has 0 atom stereocenters. The van der Waals surface area contributed by atoms with E-state index in [1.807, 2.05) is 12.1 Å². The summed E-state index contributed by atoms with van der Waals surface area (Å²) in [6, 6.07) is 8.31. The molecule has 5 rings (SSSR count). The third-order valence-electron chi connectivity index (χ3n) is 4.51. The Morgan fingerprint density at radius 1 is 1.25 bits per heavy atom. The lowest BCUT2D eigenvalue weighted by Gasteiger charge is -2.56. The quantitative estimate of drug-likeness (QED) is 0.724. The van der Waals surface area contributed by atoms with Gasteiger partial charge in [0.25, 0.3) is 0 Å². The molecule has 0 unspecified atom stereocenters. The predicted octanol–water partition coefficient (Wildman–Crippen LogP) is 3.32. The van der Waals surface area contributed by atoms with Crippen LogP contribution in [-0.4, -0.2) is 41.3 Å². The minimum absolute atomic E-state index is 0.222. The zero-order chi connectivity index (χ0) is 16.1. The second-order valence-electron chi connectivity index (χ2n) is 6.37. The highest BCUT2D eigenvalue weighted by Crippen LogP contribution is 2.40. The monoisotopic (exact) mass is 359 g/mol. The van der Waals surface area contributed by atoms with E-state index in [2.05, 4.69) is 37.3 Å². The fourth-order valence-corrected chi connectivity index (χ4v) is 4.14. The van der Waals surface area contributed by atoms with Gasteiger partial charge in [0.05, 0.1) is 24.1 Å². The van der Waals surface area contributed by atoms with Crippen molar-refractivity contribution in [3.8, 4) is 0 Å². The molecular weight excluding hydrogens is 346 g/mol. The van der Waals surface area contributed by atoms with E-state index in [4.69, 9.17) is 16.3 Å². The molecule has 2 aromatic heterocycles. The van der Waals surface area contributed by atoms with Crippen molar-refractivity contribution in [3.05, 3.63) is 35.1 Å². The van der Waals surface area contributed by atoms with Gasteiger partial charge < -0.3 is 15.0 Å². The highest BCUT2D eigenvalue weighted by atomic mass is 35.5. The van der Waals surface area contributed by atoms with Gasteiger partial charge in [-0.2, -0.15) is 4.98 Å². The van der Waals surface area contributed by atoms with Gasteiger partial charge in [0.15, 0.2) is 10.6 Å². The van der Waals surface area contributed by atoms with Crippen molar-refractivity contribution in [2.45, 2.75) is 0 Å². The first kappa shape index (κ1) is 14.4. The number of anilines is 3. The molecule has 0 bridgehead atoms. The Kier molecular flexibility index (Phi) is 3.16. The van der Waals surface area contributed by atoms with E-state index in [9.17, 15) is 0 Å². The number of hydrogen-bond donors (Lipinski definition) is 1. The van der Waals surface area contributed by atoms with Gasteiger partial charge in [-0.15, -0.1) is 11.3 Å². The topological polar surface area (TPSA) is 63.2 Å². The van der Waals surface area contributed by atoms with Crippen LogP contribution < -0.4 is 10.2 Å². The number of thiazole rings is 1. The van der Waals surface area contributed by atoms with E-state index in [1.54, 1.807) is 5.51 Å². The van der Waals surface area contributed by atoms with E-state index < -0.39 is 0 Å². The van der Waals surface area contributed by atoms with Gasteiger partial charge in [0, 0.05) is 24.5 Å². The summed E-state index contributed by atoms with van der Waals surface area (Å²) in [7, 11) is 0. The molecule has 122 valence electrons. The Bertz CT molecular complexity index is 918. The van der Waals surface area contributed by atoms with Crippen molar-refractivity contribution >= 4 is 50.5 Å². The molecule has 24 heavy (non-hydrogen) atoms. The zero-order valence-corrected chi connectivity index (χ0v) is 14.3. The average molecular weight is 360 g/mol. The molecule has 3 aromatic rings. The fraction of sp³-hybridized carbons (Fsp3) is 0.312. The lowest BCUT2D eigenvalue weighted by molar-refractivity contribution is -0.127. The zero-order valence-electron chi connectivity index (χ0n) is 12.7. The van der Waals surface area contributed by atoms with Crippen LogP contribution in [-0.2, 0) is 4.74 Å². The Labute approximate surface area is 147 Å². The summed E-state index contributed by atoms with van der Waals surface area (Å²) in [4.78, 5) is 15.9. The van der Waals surface area contributed by atoms with Crippen molar-refractivity contribution in [1.82, 2.24) is 15.0 Å². The number of rotatable bonds is 3. The molecule has 2 fully saturated rings. The van der Waals surface area contributed by atoms with Crippen LogP contribution in [0.25, 0.3) is 10.3 Å². The molecule has 0 amide bonds. The summed E-state index contributed by atoms with van der Waals surface area (Å²) in [5.41, 5.74) is 5.05. The first-order valence-corrected chi connectivity index (χ1v) is 8.93. The van der Waals surface area contributed by atoms with Crippen LogP contribution in [0.4, 0.5) is 17.2 Å². The summed E-state index contributed by atoms with van der Waals surface area (Å²) in [6.45, 7) is 3.91. The van der Waals surface area contributed by atoms with Gasteiger partial charge in [-0.3, -0.25) is 0 Å². The van der Waals surface area contributed by atoms with Gasteiger partial charge in [0.1, 0.15) is 5.52 Å². The van der Waals surface area contributed by atoms with Gasteiger partial charge in [0.2, 0.25) is 5.28 Å². The van der Waals surface area contributed by atoms with Gasteiger partial charge in [-0.25, -0.2) is 9.97 Å². The van der Waals surface area contributed by atoms with E-state index in [0.717, 1.165) is 42.3 Å². The number of benzene rings is 1. The number of nitrogens with zero attached hydrogens (tertiary/aromatic N) is 4. The van der Waals surface area contributed by atoms with Crippen molar-refractivity contribution in [3.63, 3.8) is 0 Å². The van der Waals surface area contributed by atoms with E-state index in [0.29, 0.717) is 11.2 Å². The largest absolute Gasteiger partial charge is 0.380 e. The summed E-state index contributed by atoms with van der Waals surface area (Å²) >= 11 is 7.46. The molecule has 2 aliphatic heterocycles. The first-order chi connectivity index (χ1) is 11.7. The number of ether oxygens (including phenoxy) is 1. The summed E-state index contributed by atoms with van der Waals surface area (Å²) in [5, 5.41) is 3.55. The number of hydrogen-bond acceptors (Lipinski definition) is 7. The lowest BCUT2D eigenvalue weighted by atomic mass is 9.78. The molecule has 2 aliphatic rings. The smallest absolute Gasteiger partial charge is 0.225 e. The SMILES string of the molecule is Clc1nc(Nc2cccc(N3CC4(COC4)C3)c2)c2ncsc2n1. The Hall–Kier alpha value is -1.96. The van der Waals surface area contributed by atoms with Crippen LogP contribution >= 0.6 is 22.9 Å². The standard InChI is InChI=1S/C16H14ClN5OS/c17-15-20-13(12-14(21-15)24-9-18-12)19-10-2-1-3-11(4-10)22-5-16(6-22)7-23-8-16/h1-4,9H,5-8H2,(H,19,20,21). The molecule has 6 nitrogen and oxygen atoms in total. The van der Waals surface area contributed by atoms with Crippen molar-refractivity contribution < 1.29 is 4.74 Å². The molecule has 2 saturated heterocycles. The molecule has 0 radical (unpaired) electrons. The maximum absolute atomic E-state index is 6.01. The molecule has 4 heterocycles. The van der Waals surface area contributed by atoms with Crippen molar-refractivity contribution in [2.24, 2.45) is 5.41 Å². The molecule has 0 saturated carbocycles. The fourth-order valence-electron chi connectivity index (χ4n) is 3.26. The van der Waals surface area contributed by atoms with Crippen LogP contribution in [0.1, 0.15) is 0 Å². The van der Waals surface area contributed by atoms with Crippen molar-refractivity contribution in [1.29, 1.82) is 0 Å². The Morgan fingerprint density at radius 3 is 2.92 bits per heavy atom. The first-order valence-electron chi connectivity index (χ1n) is 7.67. The predicted molar refractivity (Wildman–Crippen MR) is 95.4 cm³/mol. The van der Waals surface area contributed by atoms with Crippen LogP contribution in [0.3, 0.4) is 0 Å². The maximum Gasteiger partial charge on any atom is 0.225 e. The molecule has 1 aromatic carbocycles. The highest BCUT2D eigenvalue weighted by Gasteiger charge is 2.49. The van der Waals surface area contributed by atoms with Gasteiger partial charge in [-0.05, 0) is 29.8 Å². The summed E-state index contributed by atoms with van der Waals surface area (Å²) in [5.74, 6) is 0.635. The van der Waals surface area contributed by atoms with E-state index in [1.165, 1.54) is 17.0 Å². The third kappa shape index (κ3) is 2.31. The van der Waals surface area contributed by atoms with E-state index >= 15 is 0 Å². The normalized spacial score (nSPS) is 18.5. The molecule has 1 spiro atoms.